The van der Waals surface area contributed by atoms with Gasteiger partial charge in [0.2, 0.25) is 5.91 Å². The first-order valence-electron chi connectivity index (χ1n) is 7.16. The third-order valence-corrected chi connectivity index (χ3v) is 3.11. The molecule has 22 heavy (non-hydrogen) atoms. The maximum atomic E-state index is 11.9. The third-order valence-electron chi connectivity index (χ3n) is 3.11. The molecule has 1 rings (SSSR count). The van der Waals surface area contributed by atoms with Crippen molar-refractivity contribution in [2.75, 3.05) is 6.54 Å². The van der Waals surface area contributed by atoms with Crippen LogP contribution in [0.2, 0.25) is 0 Å². The van der Waals surface area contributed by atoms with Crippen molar-refractivity contribution in [1.29, 1.82) is 0 Å². The molecule has 2 amide bonds. The minimum atomic E-state index is -0.943. The van der Waals surface area contributed by atoms with Gasteiger partial charge in [0, 0.05) is 6.54 Å². The molecule has 0 saturated carbocycles. The van der Waals surface area contributed by atoms with Gasteiger partial charge in [-0.25, -0.2) is 0 Å². The average molecular weight is 310 g/mol. The molecule has 0 fully saturated rings. The van der Waals surface area contributed by atoms with Crippen LogP contribution < -0.4 is 10.6 Å². The quantitative estimate of drug-likeness (QED) is 0.670. The molecule has 1 aromatic heterocycles. The Morgan fingerprint density at radius 2 is 1.95 bits per heavy atom. The lowest BCUT2D eigenvalue weighted by Gasteiger charge is -2.18. The minimum Gasteiger partial charge on any atom is -0.481 e. The molecule has 1 aromatic rings. The summed E-state index contributed by atoms with van der Waals surface area (Å²) in [6.45, 7) is 5.40. The molecule has 122 valence electrons. The van der Waals surface area contributed by atoms with Crippen molar-refractivity contribution in [2.24, 2.45) is 11.8 Å². The molecule has 0 unspecified atom stereocenters. The summed E-state index contributed by atoms with van der Waals surface area (Å²) in [6.07, 6.45) is 1.84. The number of carbonyl (C=O) groups is 3. The van der Waals surface area contributed by atoms with E-state index in [0.29, 0.717) is 6.42 Å². The molecule has 0 bridgehead atoms. The molecule has 3 N–H and O–H groups in total. The zero-order valence-corrected chi connectivity index (χ0v) is 13.0. The number of aliphatic carboxylic acids is 1. The van der Waals surface area contributed by atoms with Gasteiger partial charge in [-0.2, -0.15) is 0 Å². The summed E-state index contributed by atoms with van der Waals surface area (Å²) in [5.41, 5.74) is 0. The van der Waals surface area contributed by atoms with Gasteiger partial charge in [0.05, 0.1) is 12.2 Å². The average Bonchev–Trinajstić information content (AvgIpc) is 2.96. The van der Waals surface area contributed by atoms with Crippen LogP contribution in [0, 0.1) is 11.8 Å². The number of hydrogen-bond donors (Lipinski definition) is 3. The molecule has 1 heterocycles. The van der Waals surface area contributed by atoms with Crippen LogP contribution in [0.15, 0.2) is 22.8 Å². The lowest BCUT2D eigenvalue weighted by molar-refractivity contribution is -0.142. The van der Waals surface area contributed by atoms with Crippen LogP contribution >= 0.6 is 0 Å². The third kappa shape index (κ3) is 5.59. The van der Waals surface area contributed by atoms with E-state index in [2.05, 4.69) is 10.6 Å². The van der Waals surface area contributed by atoms with Gasteiger partial charge < -0.3 is 20.2 Å². The highest BCUT2D eigenvalue weighted by Gasteiger charge is 2.22. The van der Waals surface area contributed by atoms with E-state index in [4.69, 9.17) is 9.52 Å². The predicted octanol–water partition coefficient (Wildman–Crippen LogP) is 1.26. The van der Waals surface area contributed by atoms with E-state index in [1.54, 1.807) is 6.07 Å². The fraction of sp³-hybridized carbons (Fsp3) is 0.533. The van der Waals surface area contributed by atoms with Gasteiger partial charge in [-0.15, -0.1) is 0 Å². The lowest BCUT2D eigenvalue weighted by Crippen LogP contribution is -2.46. The second kappa shape index (κ2) is 8.21. The van der Waals surface area contributed by atoms with Crippen molar-refractivity contribution in [3.63, 3.8) is 0 Å². The first-order chi connectivity index (χ1) is 10.3. The number of nitrogens with one attached hydrogen (secondary N) is 2. The van der Waals surface area contributed by atoms with E-state index in [9.17, 15) is 14.4 Å². The molecule has 7 nitrogen and oxygen atoms in total. The first-order valence-corrected chi connectivity index (χ1v) is 7.16. The van der Waals surface area contributed by atoms with Crippen LogP contribution in [-0.4, -0.2) is 35.5 Å². The maximum Gasteiger partial charge on any atom is 0.308 e. The lowest BCUT2D eigenvalue weighted by atomic mass is 9.97. The molecule has 0 aliphatic carbocycles. The van der Waals surface area contributed by atoms with Gasteiger partial charge >= 0.3 is 5.97 Å². The van der Waals surface area contributed by atoms with Crippen molar-refractivity contribution in [3.8, 4) is 0 Å². The largest absolute Gasteiger partial charge is 0.481 e. The highest BCUT2D eigenvalue weighted by molar-refractivity contribution is 5.95. The fourth-order valence-electron chi connectivity index (χ4n) is 1.96. The van der Waals surface area contributed by atoms with Crippen molar-refractivity contribution in [3.05, 3.63) is 24.2 Å². The molecule has 0 aliphatic rings. The summed E-state index contributed by atoms with van der Waals surface area (Å²) in [4.78, 5) is 34.8. The van der Waals surface area contributed by atoms with Crippen molar-refractivity contribution >= 4 is 17.8 Å². The van der Waals surface area contributed by atoms with Gasteiger partial charge in [-0.1, -0.05) is 13.8 Å². The van der Waals surface area contributed by atoms with Crippen LogP contribution in [0.1, 0.15) is 37.7 Å². The maximum absolute atomic E-state index is 11.9. The first kappa shape index (κ1) is 17.7. The molecular formula is C15H22N2O5. The standard InChI is InChI=1S/C15H22N2O5/c1-9(2)7-11(15(20)21)8-16-13(18)10(3)17-14(19)12-5-4-6-22-12/h4-6,9-11H,7-8H2,1-3H3,(H,16,18)(H,17,19)(H,20,21)/t10-,11+/m1/s1. The van der Waals surface area contributed by atoms with Crippen molar-refractivity contribution in [2.45, 2.75) is 33.2 Å². The zero-order chi connectivity index (χ0) is 16.7. The van der Waals surface area contributed by atoms with Crippen LogP contribution in [-0.2, 0) is 9.59 Å². The Morgan fingerprint density at radius 1 is 1.27 bits per heavy atom. The van der Waals surface area contributed by atoms with Crippen LogP contribution in [0.25, 0.3) is 0 Å². The van der Waals surface area contributed by atoms with E-state index < -0.39 is 29.7 Å². The molecule has 0 aliphatic heterocycles. The Bertz CT molecular complexity index is 510. The number of carboxylic acids is 1. The summed E-state index contributed by atoms with van der Waals surface area (Å²) in [5, 5.41) is 14.1. The van der Waals surface area contributed by atoms with Crippen LogP contribution in [0.5, 0.6) is 0 Å². The van der Waals surface area contributed by atoms with E-state index in [0.717, 1.165) is 0 Å². The van der Waals surface area contributed by atoms with Gasteiger partial charge in [-0.3, -0.25) is 14.4 Å². The molecule has 0 aromatic carbocycles. The van der Waals surface area contributed by atoms with E-state index >= 15 is 0 Å². The second-order valence-corrected chi connectivity index (χ2v) is 5.58. The van der Waals surface area contributed by atoms with Gasteiger partial charge in [0.1, 0.15) is 6.04 Å². The predicted molar refractivity (Wildman–Crippen MR) is 79.2 cm³/mol. The SMILES string of the molecule is CC(C)C[C@@H](CNC(=O)[C@@H](C)NC(=O)c1ccco1)C(=O)O. The number of hydrogen-bond acceptors (Lipinski definition) is 4. The highest BCUT2D eigenvalue weighted by Crippen LogP contribution is 2.11. The van der Waals surface area contributed by atoms with Crippen molar-refractivity contribution < 1.29 is 23.9 Å². The number of rotatable bonds is 8. The summed E-state index contributed by atoms with van der Waals surface area (Å²) in [6, 6.07) is 2.28. The number of carboxylic acid groups (broad SMARTS) is 1. The molecule has 0 saturated heterocycles. The fourth-order valence-corrected chi connectivity index (χ4v) is 1.96. The Kier molecular flexibility index (Phi) is 6.62. The Hall–Kier alpha value is -2.31. The van der Waals surface area contributed by atoms with Gasteiger partial charge in [0.15, 0.2) is 5.76 Å². The van der Waals surface area contributed by atoms with E-state index in [1.807, 2.05) is 13.8 Å². The minimum absolute atomic E-state index is 0.0350. The summed E-state index contributed by atoms with van der Waals surface area (Å²) in [5.74, 6) is -2.19. The van der Waals surface area contributed by atoms with Crippen LogP contribution in [0.3, 0.4) is 0 Å². The van der Waals surface area contributed by atoms with Crippen molar-refractivity contribution in [1.82, 2.24) is 10.6 Å². The molecule has 2 atom stereocenters. The molecule has 0 radical (unpaired) electrons. The Morgan fingerprint density at radius 3 is 2.45 bits per heavy atom. The summed E-state index contributed by atoms with van der Waals surface area (Å²) < 4.78 is 4.93. The highest BCUT2D eigenvalue weighted by atomic mass is 16.4. The monoisotopic (exact) mass is 310 g/mol. The van der Waals surface area contributed by atoms with Gasteiger partial charge in [-0.05, 0) is 31.4 Å². The zero-order valence-electron chi connectivity index (χ0n) is 13.0. The van der Waals surface area contributed by atoms with E-state index in [-0.39, 0.29) is 18.2 Å². The van der Waals surface area contributed by atoms with Crippen LogP contribution in [0.4, 0.5) is 0 Å². The smallest absolute Gasteiger partial charge is 0.308 e. The van der Waals surface area contributed by atoms with Gasteiger partial charge in [0.25, 0.3) is 5.91 Å². The molecule has 7 heteroatoms. The number of amides is 2. The summed E-state index contributed by atoms with van der Waals surface area (Å²) >= 11 is 0. The molecular weight excluding hydrogens is 288 g/mol. The number of furan rings is 1. The topological polar surface area (TPSA) is 109 Å². The normalized spacial score (nSPS) is 13.5. The summed E-state index contributed by atoms with van der Waals surface area (Å²) in [7, 11) is 0. The Labute approximate surface area is 129 Å². The van der Waals surface area contributed by atoms with E-state index in [1.165, 1.54) is 19.3 Å². The Balaban J connectivity index is 2.46. The molecule has 0 spiro atoms. The second-order valence-electron chi connectivity index (χ2n) is 5.58. The number of carbonyl (C=O) groups excluding carboxylic acids is 2.